The number of carbonyl (C=O) groups excluding carboxylic acids is 1. The second-order valence-electron chi connectivity index (χ2n) is 6.75. The molecule has 144 valence electrons. The number of hydrogen-bond donors (Lipinski definition) is 0. The van der Waals surface area contributed by atoms with Crippen LogP contribution in [0.1, 0.15) is 18.9 Å². The van der Waals surface area contributed by atoms with Crippen molar-refractivity contribution in [3.63, 3.8) is 0 Å². The Kier molecular flexibility index (Phi) is 6.71. The van der Waals surface area contributed by atoms with E-state index in [0.717, 1.165) is 32.7 Å². The van der Waals surface area contributed by atoms with Gasteiger partial charge in [0.05, 0.1) is 7.11 Å². The summed E-state index contributed by atoms with van der Waals surface area (Å²) in [5.74, 6) is 1.32. The summed E-state index contributed by atoms with van der Waals surface area (Å²) in [5.41, 5.74) is 1.31. The van der Waals surface area contributed by atoms with Gasteiger partial charge in [0.25, 0.3) is 5.91 Å². The highest BCUT2D eigenvalue weighted by atomic mass is 16.5. The van der Waals surface area contributed by atoms with Crippen molar-refractivity contribution in [1.29, 1.82) is 0 Å². The van der Waals surface area contributed by atoms with Crippen LogP contribution in [0, 0.1) is 0 Å². The van der Waals surface area contributed by atoms with Crippen LogP contribution >= 0.6 is 0 Å². The van der Waals surface area contributed by atoms with Crippen LogP contribution in [-0.4, -0.2) is 55.1 Å². The van der Waals surface area contributed by atoms with Crippen molar-refractivity contribution in [2.45, 2.75) is 26.0 Å². The minimum absolute atomic E-state index is 0.0581. The summed E-state index contributed by atoms with van der Waals surface area (Å²) in [6.07, 6.45) is 0.142. The van der Waals surface area contributed by atoms with Crippen LogP contribution in [0.4, 0.5) is 0 Å². The van der Waals surface area contributed by atoms with Crippen molar-refractivity contribution in [2.24, 2.45) is 0 Å². The highest BCUT2D eigenvalue weighted by Crippen LogP contribution is 2.27. The molecule has 27 heavy (non-hydrogen) atoms. The molecular weight excluding hydrogens is 340 g/mol. The minimum atomic E-state index is -0.484. The standard InChI is InChI=1S/C22H28N2O3/c1-3-19(27-21-12-8-7-11-20(21)26-2)22(25)24-15-13-23(14-16-24)17-18-9-5-4-6-10-18/h4-12,19H,3,13-17H2,1-2H3. The SMILES string of the molecule is CCC(Oc1ccccc1OC)C(=O)N1CCN(Cc2ccccc2)CC1. The van der Waals surface area contributed by atoms with E-state index in [-0.39, 0.29) is 5.91 Å². The molecule has 2 aromatic carbocycles. The quantitative estimate of drug-likeness (QED) is 0.753. The van der Waals surface area contributed by atoms with Crippen molar-refractivity contribution < 1.29 is 14.3 Å². The van der Waals surface area contributed by atoms with Crippen molar-refractivity contribution in [2.75, 3.05) is 33.3 Å². The Balaban J connectivity index is 1.55. The molecule has 1 amide bonds. The molecule has 1 fully saturated rings. The molecule has 0 radical (unpaired) electrons. The monoisotopic (exact) mass is 368 g/mol. The first kappa shape index (κ1) is 19.2. The van der Waals surface area contributed by atoms with E-state index in [1.807, 2.05) is 42.2 Å². The zero-order chi connectivity index (χ0) is 19.1. The van der Waals surface area contributed by atoms with Crippen LogP contribution in [0.2, 0.25) is 0 Å². The lowest BCUT2D eigenvalue weighted by molar-refractivity contribution is -0.140. The first-order valence-corrected chi connectivity index (χ1v) is 9.56. The molecule has 1 atom stereocenters. The van der Waals surface area contributed by atoms with Crippen LogP contribution in [0.3, 0.4) is 0 Å². The fraction of sp³-hybridized carbons (Fsp3) is 0.409. The zero-order valence-electron chi connectivity index (χ0n) is 16.1. The number of rotatable bonds is 7. The van der Waals surface area contributed by atoms with Crippen LogP contribution < -0.4 is 9.47 Å². The van der Waals surface area contributed by atoms with Crippen molar-refractivity contribution in [3.8, 4) is 11.5 Å². The summed E-state index contributed by atoms with van der Waals surface area (Å²) >= 11 is 0. The topological polar surface area (TPSA) is 42.0 Å². The first-order valence-electron chi connectivity index (χ1n) is 9.56. The normalized spacial score (nSPS) is 16.0. The van der Waals surface area contributed by atoms with E-state index in [4.69, 9.17) is 9.47 Å². The maximum Gasteiger partial charge on any atom is 0.263 e. The van der Waals surface area contributed by atoms with Gasteiger partial charge in [0.15, 0.2) is 17.6 Å². The van der Waals surface area contributed by atoms with Gasteiger partial charge in [0.1, 0.15) is 0 Å². The number of nitrogens with zero attached hydrogens (tertiary/aromatic N) is 2. The van der Waals surface area contributed by atoms with Crippen molar-refractivity contribution >= 4 is 5.91 Å². The fourth-order valence-corrected chi connectivity index (χ4v) is 3.35. The molecule has 0 saturated carbocycles. The average molecular weight is 368 g/mol. The van der Waals surface area contributed by atoms with Crippen LogP contribution in [-0.2, 0) is 11.3 Å². The predicted molar refractivity (Wildman–Crippen MR) is 106 cm³/mol. The van der Waals surface area contributed by atoms with E-state index in [1.54, 1.807) is 7.11 Å². The second kappa shape index (κ2) is 9.42. The summed E-state index contributed by atoms with van der Waals surface area (Å²) < 4.78 is 11.3. The minimum Gasteiger partial charge on any atom is -0.493 e. The second-order valence-corrected chi connectivity index (χ2v) is 6.75. The molecule has 0 bridgehead atoms. The van der Waals surface area contributed by atoms with E-state index >= 15 is 0 Å². The molecule has 3 rings (SSSR count). The molecule has 0 aliphatic carbocycles. The number of methoxy groups -OCH3 is 1. The largest absolute Gasteiger partial charge is 0.493 e. The number of hydrogen-bond acceptors (Lipinski definition) is 4. The van der Waals surface area contributed by atoms with Gasteiger partial charge in [-0.05, 0) is 24.1 Å². The highest BCUT2D eigenvalue weighted by molar-refractivity contribution is 5.81. The maximum atomic E-state index is 12.9. The Morgan fingerprint density at radius 1 is 0.963 bits per heavy atom. The van der Waals surface area contributed by atoms with Gasteiger partial charge in [0.2, 0.25) is 0 Å². The molecule has 1 aliphatic rings. The van der Waals surface area contributed by atoms with Gasteiger partial charge in [-0.3, -0.25) is 9.69 Å². The Hall–Kier alpha value is -2.53. The molecule has 1 saturated heterocycles. The molecule has 0 spiro atoms. The molecule has 1 heterocycles. The van der Waals surface area contributed by atoms with Crippen LogP contribution in [0.25, 0.3) is 0 Å². The van der Waals surface area contributed by atoms with Gasteiger partial charge in [0, 0.05) is 32.7 Å². The Bertz CT molecular complexity index is 727. The predicted octanol–water partition coefficient (Wildman–Crippen LogP) is 3.20. The number of amides is 1. The molecule has 0 N–H and O–H groups in total. The Labute approximate surface area is 161 Å². The molecule has 5 heteroatoms. The molecule has 1 aliphatic heterocycles. The fourth-order valence-electron chi connectivity index (χ4n) is 3.35. The summed E-state index contributed by atoms with van der Waals surface area (Å²) in [6.45, 7) is 6.13. The molecule has 5 nitrogen and oxygen atoms in total. The van der Waals surface area contributed by atoms with Gasteiger partial charge in [-0.25, -0.2) is 0 Å². The van der Waals surface area contributed by atoms with E-state index in [2.05, 4.69) is 29.2 Å². The zero-order valence-corrected chi connectivity index (χ0v) is 16.1. The third-order valence-electron chi connectivity index (χ3n) is 4.92. The summed E-state index contributed by atoms with van der Waals surface area (Å²) in [4.78, 5) is 17.3. The van der Waals surface area contributed by atoms with Gasteiger partial charge in [-0.15, -0.1) is 0 Å². The number of carbonyl (C=O) groups is 1. The average Bonchev–Trinajstić information content (AvgIpc) is 2.73. The summed E-state index contributed by atoms with van der Waals surface area (Å²) in [7, 11) is 1.61. The number of piperazine rings is 1. The van der Waals surface area contributed by atoms with Gasteiger partial charge >= 0.3 is 0 Å². The molecule has 0 aromatic heterocycles. The third kappa shape index (κ3) is 5.01. The van der Waals surface area contributed by atoms with E-state index in [9.17, 15) is 4.79 Å². The van der Waals surface area contributed by atoms with E-state index in [0.29, 0.717) is 17.9 Å². The smallest absolute Gasteiger partial charge is 0.263 e. The molecular formula is C22H28N2O3. The van der Waals surface area contributed by atoms with Gasteiger partial charge < -0.3 is 14.4 Å². The van der Waals surface area contributed by atoms with Crippen LogP contribution in [0.15, 0.2) is 54.6 Å². The lowest BCUT2D eigenvalue weighted by Crippen LogP contribution is -2.52. The van der Waals surface area contributed by atoms with E-state index < -0.39 is 6.10 Å². The molecule has 2 aromatic rings. The van der Waals surface area contributed by atoms with Crippen molar-refractivity contribution in [3.05, 3.63) is 60.2 Å². The summed E-state index contributed by atoms with van der Waals surface area (Å²) in [6, 6.07) is 17.9. The van der Waals surface area contributed by atoms with Crippen LogP contribution in [0.5, 0.6) is 11.5 Å². The Morgan fingerprint density at radius 3 is 2.22 bits per heavy atom. The Morgan fingerprint density at radius 2 is 1.59 bits per heavy atom. The van der Waals surface area contributed by atoms with E-state index in [1.165, 1.54) is 5.56 Å². The maximum absolute atomic E-state index is 12.9. The lowest BCUT2D eigenvalue weighted by Gasteiger charge is -2.36. The summed E-state index contributed by atoms with van der Waals surface area (Å²) in [5, 5.41) is 0. The number of ether oxygens (including phenoxy) is 2. The van der Waals surface area contributed by atoms with Crippen molar-refractivity contribution in [1.82, 2.24) is 9.80 Å². The highest BCUT2D eigenvalue weighted by Gasteiger charge is 2.28. The van der Waals surface area contributed by atoms with Gasteiger partial charge in [-0.2, -0.15) is 0 Å². The van der Waals surface area contributed by atoms with Gasteiger partial charge in [-0.1, -0.05) is 49.4 Å². The third-order valence-corrected chi connectivity index (χ3v) is 4.92. The lowest BCUT2D eigenvalue weighted by atomic mass is 10.1. The first-order chi connectivity index (χ1) is 13.2. The number of benzene rings is 2. The number of para-hydroxylation sites is 2. The molecule has 1 unspecified atom stereocenters.